The highest BCUT2D eigenvalue weighted by molar-refractivity contribution is 5.78. The molecular weight excluding hydrogens is 283 g/mol. The van der Waals surface area contributed by atoms with E-state index in [0.717, 1.165) is 11.1 Å². The van der Waals surface area contributed by atoms with Gasteiger partial charge in [0.15, 0.2) is 12.4 Å². The molecule has 0 aliphatic rings. The van der Waals surface area contributed by atoms with Gasteiger partial charge in [0.05, 0.1) is 12.4 Å². The van der Waals surface area contributed by atoms with Crippen molar-refractivity contribution >= 4 is 6.21 Å². The molecule has 0 radical (unpaired) electrons. The van der Waals surface area contributed by atoms with Gasteiger partial charge in [0.2, 0.25) is 5.89 Å². The van der Waals surface area contributed by atoms with Crippen LogP contribution in [0.2, 0.25) is 0 Å². The molecule has 4 nitrogen and oxygen atoms in total. The molecule has 0 saturated heterocycles. The lowest BCUT2D eigenvalue weighted by molar-refractivity contribution is 0.113. The van der Waals surface area contributed by atoms with Crippen LogP contribution in [0.1, 0.15) is 11.5 Å². The number of rotatable bonds is 5. The Kier molecular flexibility index (Phi) is 4.25. The van der Waals surface area contributed by atoms with E-state index >= 15 is 0 Å². The molecule has 0 atom stereocenters. The molecule has 0 amide bonds. The summed E-state index contributed by atoms with van der Waals surface area (Å²) in [5, 5.41) is 3.86. The summed E-state index contributed by atoms with van der Waals surface area (Å²) in [6.45, 7) is 0.129. The molecule has 0 aliphatic carbocycles. The molecule has 0 spiro atoms. The Hall–Kier alpha value is -2.95. The molecule has 110 valence electrons. The van der Waals surface area contributed by atoms with Crippen molar-refractivity contribution in [3.8, 4) is 11.3 Å². The van der Waals surface area contributed by atoms with Gasteiger partial charge in [-0.1, -0.05) is 35.5 Å². The number of hydrogen-bond acceptors (Lipinski definition) is 4. The lowest BCUT2D eigenvalue weighted by atomic mass is 10.2. The number of benzene rings is 2. The van der Waals surface area contributed by atoms with E-state index in [9.17, 15) is 4.39 Å². The molecule has 0 bridgehead atoms. The Morgan fingerprint density at radius 1 is 1.09 bits per heavy atom. The van der Waals surface area contributed by atoms with Crippen LogP contribution in [-0.2, 0) is 11.4 Å². The van der Waals surface area contributed by atoms with Crippen LogP contribution in [0, 0.1) is 5.82 Å². The molecular formula is C17H13FN2O2. The van der Waals surface area contributed by atoms with Crippen molar-refractivity contribution in [2.45, 2.75) is 6.61 Å². The van der Waals surface area contributed by atoms with Crippen LogP contribution in [0.25, 0.3) is 11.3 Å². The lowest BCUT2D eigenvalue weighted by Crippen LogP contribution is -1.87. The smallest absolute Gasteiger partial charge is 0.235 e. The predicted molar refractivity (Wildman–Crippen MR) is 80.7 cm³/mol. The summed E-state index contributed by atoms with van der Waals surface area (Å²) in [6, 6.07) is 15.6. The van der Waals surface area contributed by atoms with Gasteiger partial charge in [-0.2, -0.15) is 0 Å². The molecule has 0 fully saturated rings. The largest absolute Gasteiger partial charge is 0.437 e. The van der Waals surface area contributed by atoms with Crippen LogP contribution in [0.3, 0.4) is 0 Å². The topological polar surface area (TPSA) is 47.6 Å². The van der Waals surface area contributed by atoms with Gasteiger partial charge >= 0.3 is 0 Å². The van der Waals surface area contributed by atoms with E-state index in [1.165, 1.54) is 12.1 Å². The second kappa shape index (κ2) is 6.67. The average molecular weight is 296 g/mol. The predicted octanol–water partition coefficient (Wildman–Crippen LogP) is 4.03. The normalized spacial score (nSPS) is 11.0. The molecule has 22 heavy (non-hydrogen) atoms. The average Bonchev–Trinajstić information content (AvgIpc) is 3.02. The molecule has 0 aliphatic heterocycles. The van der Waals surface area contributed by atoms with E-state index in [0.29, 0.717) is 11.7 Å². The van der Waals surface area contributed by atoms with Crippen molar-refractivity contribution in [3.05, 3.63) is 78.1 Å². The molecule has 3 aromatic rings. The molecule has 0 N–H and O–H groups in total. The van der Waals surface area contributed by atoms with Crippen molar-refractivity contribution in [3.63, 3.8) is 0 Å². The quantitative estimate of drug-likeness (QED) is 0.527. The second-order valence-electron chi connectivity index (χ2n) is 4.54. The van der Waals surface area contributed by atoms with Crippen molar-refractivity contribution in [2.24, 2.45) is 5.16 Å². The molecule has 2 aromatic carbocycles. The zero-order valence-electron chi connectivity index (χ0n) is 11.6. The number of nitrogens with zero attached hydrogens (tertiary/aromatic N) is 2. The molecule has 3 rings (SSSR count). The number of oxime groups is 1. The van der Waals surface area contributed by atoms with Gasteiger partial charge < -0.3 is 9.25 Å². The first-order valence-electron chi connectivity index (χ1n) is 6.72. The Bertz CT molecular complexity index is 752. The van der Waals surface area contributed by atoms with Crippen LogP contribution in [0.5, 0.6) is 0 Å². The van der Waals surface area contributed by atoms with Crippen LogP contribution in [0.15, 0.2) is 70.4 Å². The van der Waals surface area contributed by atoms with Crippen LogP contribution in [-0.4, -0.2) is 11.2 Å². The number of oxazole rings is 1. The van der Waals surface area contributed by atoms with Gasteiger partial charge in [0.25, 0.3) is 0 Å². The first-order valence-corrected chi connectivity index (χ1v) is 6.72. The highest BCUT2D eigenvalue weighted by Crippen LogP contribution is 2.20. The molecule has 1 aromatic heterocycles. The van der Waals surface area contributed by atoms with Crippen LogP contribution in [0.4, 0.5) is 4.39 Å². The summed E-state index contributed by atoms with van der Waals surface area (Å²) in [5.74, 6) is 0.678. The van der Waals surface area contributed by atoms with Crippen molar-refractivity contribution in [2.75, 3.05) is 0 Å². The van der Waals surface area contributed by atoms with Crippen molar-refractivity contribution < 1.29 is 13.6 Å². The minimum absolute atomic E-state index is 0.129. The summed E-state index contributed by atoms with van der Waals surface area (Å²) in [6.07, 6.45) is 3.19. The maximum absolute atomic E-state index is 12.9. The standard InChI is InChI=1S/C17H13FN2O2/c18-15-8-6-14(7-9-15)16-11-19-17(22-16)12-21-20-10-13-4-2-1-3-5-13/h1-11H,12H2/b20-10-. The van der Waals surface area contributed by atoms with Crippen molar-refractivity contribution in [1.29, 1.82) is 0 Å². The first-order chi connectivity index (χ1) is 10.8. The zero-order valence-corrected chi connectivity index (χ0v) is 11.6. The minimum Gasteiger partial charge on any atom is -0.437 e. The first kappa shape index (κ1) is 14.0. The fourth-order valence-corrected chi connectivity index (χ4v) is 1.85. The monoisotopic (exact) mass is 296 g/mol. The summed E-state index contributed by atoms with van der Waals surface area (Å²) in [7, 11) is 0. The maximum atomic E-state index is 12.9. The van der Waals surface area contributed by atoms with Gasteiger partial charge in [0, 0.05) is 5.56 Å². The Labute approximate surface area is 126 Å². The Morgan fingerprint density at radius 2 is 1.86 bits per heavy atom. The number of halogens is 1. The van der Waals surface area contributed by atoms with Gasteiger partial charge in [-0.15, -0.1) is 0 Å². The molecule has 1 heterocycles. The number of aromatic nitrogens is 1. The van der Waals surface area contributed by atoms with E-state index < -0.39 is 0 Å². The van der Waals surface area contributed by atoms with Gasteiger partial charge in [-0.3, -0.25) is 0 Å². The van der Waals surface area contributed by atoms with Crippen molar-refractivity contribution in [1.82, 2.24) is 4.98 Å². The lowest BCUT2D eigenvalue weighted by Gasteiger charge is -1.96. The Morgan fingerprint density at radius 3 is 2.64 bits per heavy atom. The second-order valence-corrected chi connectivity index (χ2v) is 4.54. The Balaban J connectivity index is 1.58. The van der Waals surface area contributed by atoms with E-state index in [2.05, 4.69) is 10.1 Å². The SMILES string of the molecule is Fc1ccc(-c2cnc(CO/N=C\c3ccccc3)o2)cc1. The van der Waals surface area contributed by atoms with E-state index in [4.69, 9.17) is 9.25 Å². The van der Waals surface area contributed by atoms with E-state index in [1.54, 1.807) is 24.5 Å². The highest BCUT2D eigenvalue weighted by Gasteiger charge is 2.06. The van der Waals surface area contributed by atoms with E-state index in [-0.39, 0.29) is 12.4 Å². The fourth-order valence-electron chi connectivity index (χ4n) is 1.85. The van der Waals surface area contributed by atoms with Gasteiger partial charge in [0.1, 0.15) is 5.82 Å². The number of hydrogen-bond donors (Lipinski definition) is 0. The summed E-state index contributed by atoms with van der Waals surface area (Å²) in [4.78, 5) is 9.25. The third-order valence-electron chi connectivity index (χ3n) is 2.95. The third kappa shape index (κ3) is 3.58. The zero-order chi connectivity index (χ0) is 15.2. The van der Waals surface area contributed by atoms with Crippen LogP contribution < -0.4 is 0 Å². The van der Waals surface area contributed by atoms with E-state index in [1.807, 2.05) is 30.3 Å². The molecule has 0 unspecified atom stereocenters. The summed E-state index contributed by atoms with van der Waals surface area (Å²) in [5.41, 5.74) is 1.70. The summed E-state index contributed by atoms with van der Waals surface area (Å²) >= 11 is 0. The molecule has 0 saturated carbocycles. The summed E-state index contributed by atoms with van der Waals surface area (Å²) < 4.78 is 18.4. The highest BCUT2D eigenvalue weighted by atomic mass is 19.1. The minimum atomic E-state index is -0.290. The maximum Gasteiger partial charge on any atom is 0.235 e. The van der Waals surface area contributed by atoms with Gasteiger partial charge in [-0.05, 0) is 29.8 Å². The van der Waals surface area contributed by atoms with Gasteiger partial charge in [-0.25, -0.2) is 9.37 Å². The van der Waals surface area contributed by atoms with Crippen LogP contribution >= 0.6 is 0 Å². The fraction of sp³-hybridized carbons (Fsp3) is 0.0588. The third-order valence-corrected chi connectivity index (χ3v) is 2.95. The molecule has 5 heteroatoms.